The van der Waals surface area contributed by atoms with Gasteiger partial charge in [-0.3, -0.25) is 9.48 Å². The van der Waals surface area contributed by atoms with Gasteiger partial charge in [0.2, 0.25) is 0 Å². The number of amides is 1. The third kappa shape index (κ3) is 4.42. The molecule has 3 rings (SSSR count). The van der Waals surface area contributed by atoms with Gasteiger partial charge in [0.1, 0.15) is 11.8 Å². The van der Waals surface area contributed by atoms with Crippen molar-refractivity contribution in [3.8, 4) is 11.4 Å². The number of carbonyl (C=O) groups excluding carboxylic acids is 1. The van der Waals surface area contributed by atoms with E-state index >= 15 is 0 Å². The topological polar surface area (TPSA) is 81.9 Å². The number of ether oxygens (including phenoxy) is 1. The molecule has 1 aliphatic carbocycles. The molecule has 2 heterocycles. The summed E-state index contributed by atoms with van der Waals surface area (Å²) in [6, 6.07) is 5.44. The molecule has 0 spiro atoms. The van der Waals surface area contributed by atoms with Crippen LogP contribution in [0, 0.1) is 0 Å². The van der Waals surface area contributed by atoms with Crippen LogP contribution >= 0.6 is 0 Å². The van der Waals surface area contributed by atoms with E-state index in [0.717, 1.165) is 18.5 Å². The van der Waals surface area contributed by atoms with E-state index in [-0.39, 0.29) is 12.0 Å². The minimum Gasteiger partial charge on any atom is -0.365 e. The molecule has 0 aromatic carbocycles. The van der Waals surface area contributed by atoms with E-state index in [1.54, 1.807) is 16.9 Å². The molecule has 1 atom stereocenters. The highest BCUT2D eigenvalue weighted by molar-refractivity contribution is 5.93. The SMILES string of the molecule is CCC(OC1CCCCC1)C(=O)Nc1ccc(-c2ccnn2C)nn1. The second-order valence-corrected chi connectivity index (χ2v) is 6.43. The third-order valence-electron chi connectivity index (χ3n) is 4.57. The van der Waals surface area contributed by atoms with Crippen LogP contribution in [-0.2, 0) is 16.6 Å². The molecule has 0 saturated heterocycles. The lowest BCUT2D eigenvalue weighted by Gasteiger charge is -2.26. The normalized spacial score (nSPS) is 16.6. The van der Waals surface area contributed by atoms with E-state index < -0.39 is 6.10 Å². The molecule has 1 fully saturated rings. The predicted molar refractivity (Wildman–Crippen MR) is 94.9 cm³/mol. The van der Waals surface area contributed by atoms with Crippen LogP contribution in [0.1, 0.15) is 45.4 Å². The van der Waals surface area contributed by atoms with Crippen molar-refractivity contribution < 1.29 is 9.53 Å². The number of rotatable bonds is 6. The first-order valence-corrected chi connectivity index (χ1v) is 8.95. The molecule has 0 aliphatic heterocycles. The van der Waals surface area contributed by atoms with Gasteiger partial charge in [0.25, 0.3) is 5.91 Å². The van der Waals surface area contributed by atoms with Crippen molar-refractivity contribution in [3.63, 3.8) is 0 Å². The number of hydrogen-bond donors (Lipinski definition) is 1. The summed E-state index contributed by atoms with van der Waals surface area (Å²) < 4.78 is 7.73. The fraction of sp³-hybridized carbons (Fsp3) is 0.556. The summed E-state index contributed by atoms with van der Waals surface area (Å²) >= 11 is 0. The first kappa shape index (κ1) is 17.5. The first-order chi connectivity index (χ1) is 12.2. The number of anilines is 1. The fourth-order valence-corrected chi connectivity index (χ4v) is 3.14. The molecule has 2 aromatic rings. The zero-order valence-corrected chi connectivity index (χ0v) is 14.8. The van der Waals surface area contributed by atoms with E-state index in [1.807, 2.05) is 26.1 Å². The molecule has 0 radical (unpaired) electrons. The van der Waals surface area contributed by atoms with Gasteiger partial charge in [-0.2, -0.15) is 5.10 Å². The Morgan fingerprint density at radius 2 is 2.08 bits per heavy atom. The molecule has 7 nitrogen and oxygen atoms in total. The molecule has 1 aliphatic rings. The maximum atomic E-state index is 12.5. The quantitative estimate of drug-likeness (QED) is 0.872. The zero-order valence-electron chi connectivity index (χ0n) is 14.8. The Hall–Kier alpha value is -2.28. The Kier molecular flexibility index (Phi) is 5.75. The summed E-state index contributed by atoms with van der Waals surface area (Å²) in [5.41, 5.74) is 1.58. The van der Waals surface area contributed by atoms with Crippen molar-refractivity contribution in [2.75, 3.05) is 5.32 Å². The van der Waals surface area contributed by atoms with Gasteiger partial charge in [-0.05, 0) is 37.5 Å². The van der Waals surface area contributed by atoms with E-state index in [1.165, 1.54) is 19.3 Å². The lowest BCUT2D eigenvalue weighted by molar-refractivity contribution is -0.132. The lowest BCUT2D eigenvalue weighted by atomic mass is 9.97. The number of aryl methyl sites for hydroxylation is 1. The maximum absolute atomic E-state index is 12.5. The van der Waals surface area contributed by atoms with Gasteiger partial charge >= 0.3 is 0 Å². The van der Waals surface area contributed by atoms with Crippen LogP contribution in [0.4, 0.5) is 5.82 Å². The number of aromatic nitrogens is 4. The minimum absolute atomic E-state index is 0.157. The molecule has 0 bridgehead atoms. The van der Waals surface area contributed by atoms with Crippen LogP contribution in [0.5, 0.6) is 0 Å². The molecule has 7 heteroatoms. The smallest absolute Gasteiger partial charge is 0.254 e. The van der Waals surface area contributed by atoms with Gasteiger partial charge in [0.05, 0.1) is 11.8 Å². The molecule has 25 heavy (non-hydrogen) atoms. The summed E-state index contributed by atoms with van der Waals surface area (Å²) in [6.45, 7) is 1.96. The van der Waals surface area contributed by atoms with Crippen LogP contribution in [0.25, 0.3) is 11.4 Å². The molecule has 1 amide bonds. The second kappa shape index (κ2) is 8.20. The summed E-state index contributed by atoms with van der Waals surface area (Å²) in [6.07, 6.45) is 7.83. The van der Waals surface area contributed by atoms with Crippen LogP contribution < -0.4 is 5.32 Å². The monoisotopic (exact) mass is 343 g/mol. The summed E-state index contributed by atoms with van der Waals surface area (Å²) in [5, 5.41) is 15.2. The van der Waals surface area contributed by atoms with E-state index in [9.17, 15) is 4.79 Å². The lowest BCUT2D eigenvalue weighted by Crippen LogP contribution is -2.34. The van der Waals surface area contributed by atoms with Gasteiger partial charge in [-0.15, -0.1) is 10.2 Å². The zero-order chi connectivity index (χ0) is 17.6. The highest BCUT2D eigenvalue weighted by atomic mass is 16.5. The number of nitrogens with zero attached hydrogens (tertiary/aromatic N) is 4. The predicted octanol–water partition coefficient (Wildman–Crippen LogP) is 2.94. The Bertz CT molecular complexity index is 692. The fourth-order valence-electron chi connectivity index (χ4n) is 3.14. The Morgan fingerprint density at radius 1 is 1.28 bits per heavy atom. The van der Waals surface area contributed by atoms with Gasteiger partial charge in [-0.1, -0.05) is 26.2 Å². The van der Waals surface area contributed by atoms with Crippen LogP contribution in [0.15, 0.2) is 24.4 Å². The number of nitrogens with one attached hydrogen (secondary N) is 1. The van der Waals surface area contributed by atoms with E-state index in [4.69, 9.17) is 4.74 Å². The average Bonchev–Trinajstić information content (AvgIpc) is 3.07. The second-order valence-electron chi connectivity index (χ2n) is 6.43. The summed E-state index contributed by atoms with van der Waals surface area (Å²) in [5.74, 6) is 0.275. The van der Waals surface area contributed by atoms with Gasteiger partial charge in [0, 0.05) is 13.2 Å². The summed E-state index contributed by atoms with van der Waals surface area (Å²) in [4.78, 5) is 12.5. The van der Waals surface area contributed by atoms with Crippen molar-refractivity contribution in [2.24, 2.45) is 7.05 Å². The van der Waals surface area contributed by atoms with Crippen LogP contribution in [0.3, 0.4) is 0 Å². The number of carbonyl (C=O) groups is 1. The Balaban J connectivity index is 1.60. The highest BCUT2D eigenvalue weighted by Crippen LogP contribution is 2.22. The van der Waals surface area contributed by atoms with Gasteiger partial charge < -0.3 is 10.1 Å². The molecule has 134 valence electrons. The van der Waals surface area contributed by atoms with Crippen molar-refractivity contribution in [3.05, 3.63) is 24.4 Å². The molecule has 2 aromatic heterocycles. The maximum Gasteiger partial charge on any atom is 0.254 e. The molecule has 1 unspecified atom stereocenters. The highest BCUT2D eigenvalue weighted by Gasteiger charge is 2.23. The molecular weight excluding hydrogens is 318 g/mol. The summed E-state index contributed by atoms with van der Waals surface area (Å²) in [7, 11) is 1.85. The van der Waals surface area contributed by atoms with Gasteiger partial charge in [0.15, 0.2) is 5.82 Å². The van der Waals surface area contributed by atoms with E-state index in [2.05, 4.69) is 20.6 Å². The largest absolute Gasteiger partial charge is 0.365 e. The van der Waals surface area contributed by atoms with Crippen molar-refractivity contribution in [1.82, 2.24) is 20.0 Å². The van der Waals surface area contributed by atoms with Crippen LogP contribution in [0.2, 0.25) is 0 Å². The first-order valence-electron chi connectivity index (χ1n) is 8.95. The van der Waals surface area contributed by atoms with Crippen molar-refractivity contribution in [2.45, 2.75) is 57.7 Å². The molecule has 1 saturated carbocycles. The number of hydrogen-bond acceptors (Lipinski definition) is 5. The minimum atomic E-state index is -0.443. The van der Waals surface area contributed by atoms with E-state index in [0.29, 0.717) is 17.9 Å². The standard InChI is InChI=1S/C18H25N5O2/c1-3-16(25-13-7-5-4-6-8-13)18(24)20-17-10-9-14(21-22-17)15-11-12-19-23(15)2/h9-13,16H,3-8H2,1-2H3,(H,20,22,24). The molecular formula is C18H25N5O2. The van der Waals surface area contributed by atoms with Crippen LogP contribution in [-0.4, -0.2) is 38.1 Å². The Morgan fingerprint density at radius 3 is 2.68 bits per heavy atom. The molecule has 1 N–H and O–H groups in total. The third-order valence-corrected chi connectivity index (χ3v) is 4.57. The Labute approximate surface area is 147 Å². The van der Waals surface area contributed by atoms with Gasteiger partial charge in [-0.25, -0.2) is 0 Å². The van der Waals surface area contributed by atoms with Crippen molar-refractivity contribution in [1.29, 1.82) is 0 Å². The van der Waals surface area contributed by atoms with Crippen molar-refractivity contribution >= 4 is 11.7 Å². The average molecular weight is 343 g/mol.